The monoisotopic (exact) mass is 580 g/mol. The predicted octanol–water partition coefficient (Wildman–Crippen LogP) is 11.7. The van der Waals surface area contributed by atoms with E-state index in [1.165, 1.54) is 52.2 Å². The van der Waals surface area contributed by atoms with Gasteiger partial charge in [-0.2, -0.15) is 0 Å². The van der Waals surface area contributed by atoms with Crippen molar-refractivity contribution in [2.75, 3.05) is 0 Å². The van der Waals surface area contributed by atoms with E-state index in [-0.39, 0.29) is 0 Å². The van der Waals surface area contributed by atoms with E-state index in [0.717, 1.165) is 0 Å². The fourth-order valence-corrected chi connectivity index (χ4v) is 15.3. The van der Waals surface area contributed by atoms with E-state index < -0.39 is 8.07 Å². The van der Waals surface area contributed by atoms with Crippen LogP contribution in [0.15, 0.2) is 109 Å². The normalized spacial score (nSPS) is 18.5. The molecule has 0 spiro atoms. The molecule has 0 amide bonds. The Morgan fingerprint density at radius 2 is 0.854 bits per heavy atom. The highest BCUT2D eigenvalue weighted by atomic mass is 32.1. The lowest BCUT2D eigenvalue weighted by molar-refractivity contribution is 1.09. The van der Waals surface area contributed by atoms with Crippen molar-refractivity contribution >= 4 is 73.2 Å². The molecule has 0 aliphatic heterocycles. The summed E-state index contributed by atoms with van der Waals surface area (Å²) >= 11 is 3.99. The van der Waals surface area contributed by atoms with Gasteiger partial charge in [-0.3, -0.25) is 0 Å². The van der Waals surface area contributed by atoms with Crippen molar-refractivity contribution in [3.8, 4) is 0 Å². The predicted molar refractivity (Wildman–Crippen MR) is 184 cm³/mol. The zero-order valence-electron chi connectivity index (χ0n) is 23.9. The van der Waals surface area contributed by atoms with Crippen LogP contribution in [0.4, 0.5) is 0 Å². The molecule has 0 saturated carbocycles. The lowest BCUT2D eigenvalue weighted by atomic mass is 9.99. The van der Waals surface area contributed by atoms with Crippen molar-refractivity contribution in [3.63, 3.8) is 0 Å². The molecule has 2 atom stereocenters. The number of fused-ring (bicyclic) bond motifs is 6. The summed E-state index contributed by atoms with van der Waals surface area (Å²) in [6, 6.07) is 40.8. The first-order chi connectivity index (χ1) is 20.0. The second-order valence-corrected chi connectivity index (χ2v) is 19.1. The first kappa shape index (κ1) is 25.2. The summed E-state index contributed by atoms with van der Waals surface area (Å²) in [7, 11) is -2.18. The van der Waals surface area contributed by atoms with E-state index in [9.17, 15) is 0 Å². The number of rotatable bonds is 4. The maximum absolute atomic E-state index is 2.69. The Balaban J connectivity index is 1.44. The van der Waals surface area contributed by atoms with Crippen LogP contribution in [0.2, 0.25) is 13.1 Å². The third kappa shape index (κ3) is 3.56. The van der Waals surface area contributed by atoms with Gasteiger partial charge in [-0.25, -0.2) is 0 Å². The third-order valence-electron chi connectivity index (χ3n) is 9.57. The SMILES string of the molecule is CC1=C(c2ccccc2)C([Si](C)(C)C2C(c3ccccc3)=C(C)c3sc4ccccc4c32)c2c1sc1ccccc21. The minimum absolute atomic E-state index is 0.400. The lowest BCUT2D eigenvalue weighted by Crippen LogP contribution is -2.42. The van der Waals surface area contributed by atoms with Gasteiger partial charge < -0.3 is 0 Å². The van der Waals surface area contributed by atoms with Crippen LogP contribution < -0.4 is 0 Å². The van der Waals surface area contributed by atoms with Gasteiger partial charge in [-0.1, -0.05) is 110 Å². The van der Waals surface area contributed by atoms with Crippen LogP contribution in [0.3, 0.4) is 0 Å². The Labute approximate surface area is 251 Å². The molecule has 2 aliphatic carbocycles. The van der Waals surface area contributed by atoms with Gasteiger partial charge in [0.25, 0.3) is 0 Å². The molecule has 2 aliphatic rings. The summed E-state index contributed by atoms with van der Waals surface area (Å²) in [5, 5.41) is 2.91. The van der Waals surface area contributed by atoms with Crippen LogP contribution in [0.5, 0.6) is 0 Å². The van der Waals surface area contributed by atoms with Crippen molar-refractivity contribution < 1.29 is 0 Å². The summed E-state index contributed by atoms with van der Waals surface area (Å²) in [5.74, 6) is 0. The Hall–Kier alpha value is -3.50. The molecule has 0 bridgehead atoms. The summed E-state index contributed by atoms with van der Waals surface area (Å²) in [4.78, 5) is 3.01. The molecule has 0 fully saturated rings. The standard InChI is InChI=1S/C38H32S2Si/c1-23-31(25-15-7-5-8-16-25)37(33-27-19-11-13-21-29(27)39-35(23)33)41(3,4)38-32(26-17-9-6-10-18-26)24(2)36-34(38)28-20-12-14-22-30(28)40-36/h5-22,37-38H,1-4H3. The average molecular weight is 581 g/mol. The van der Waals surface area contributed by atoms with Crippen molar-refractivity contribution in [2.45, 2.75) is 38.0 Å². The molecule has 6 aromatic rings. The van der Waals surface area contributed by atoms with Crippen LogP contribution in [-0.4, -0.2) is 8.07 Å². The van der Waals surface area contributed by atoms with Crippen LogP contribution in [0, 0.1) is 0 Å². The second kappa shape index (κ2) is 9.25. The van der Waals surface area contributed by atoms with Gasteiger partial charge >= 0.3 is 0 Å². The third-order valence-corrected chi connectivity index (χ3v) is 16.3. The fourth-order valence-electron chi connectivity index (χ4n) is 7.88. The Kier molecular flexibility index (Phi) is 5.69. The van der Waals surface area contributed by atoms with Crippen LogP contribution in [-0.2, 0) is 0 Å². The van der Waals surface area contributed by atoms with Crippen LogP contribution >= 0.6 is 22.7 Å². The minimum atomic E-state index is -2.18. The quantitative estimate of drug-likeness (QED) is 0.182. The van der Waals surface area contributed by atoms with E-state index in [2.05, 4.69) is 136 Å². The highest BCUT2D eigenvalue weighted by Gasteiger charge is 2.52. The minimum Gasteiger partial charge on any atom is -0.135 e. The zero-order valence-corrected chi connectivity index (χ0v) is 26.5. The first-order valence-electron chi connectivity index (χ1n) is 14.5. The lowest BCUT2D eigenvalue weighted by Gasteiger charge is -2.40. The van der Waals surface area contributed by atoms with Crippen molar-refractivity contribution in [1.29, 1.82) is 0 Å². The molecule has 41 heavy (non-hydrogen) atoms. The molecule has 2 unspecified atom stereocenters. The molecule has 0 saturated heterocycles. The van der Waals surface area contributed by atoms with E-state index in [1.54, 1.807) is 22.3 Å². The molecule has 200 valence electrons. The van der Waals surface area contributed by atoms with Gasteiger partial charge in [0.05, 0.1) is 8.07 Å². The maximum Gasteiger partial charge on any atom is 0.0732 e. The number of benzene rings is 4. The van der Waals surface area contributed by atoms with Crippen molar-refractivity contribution in [1.82, 2.24) is 0 Å². The molecule has 2 aromatic heterocycles. The molecule has 3 heteroatoms. The molecule has 8 rings (SSSR count). The summed E-state index contributed by atoms with van der Waals surface area (Å²) in [5.41, 5.74) is 12.8. The van der Waals surface area contributed by atoms with Gasteiger partial charge in [-0.15, -0.1) is 22.7 Å². The maximum atomic E-state index is 2.69. The summed E-state index contributed by atoms with van der Waals surface area (Å²) in [6.45, 7) is 10.2. The number of thiophene rings is 2. The molecule has 0 nitrogen and oxygen atoms in total. The number of allylic oxidation sites excluding steroid dienone is 4. The van der Waals surface area contributed by atoms with Gasteiger partial charge in [0, 0.05) is 30.2 Å². The molecule has 2 heterocycles. The van der Waals surface area contributed by atoms with Crippen molar-refractivity contribution in [2.24, 2.45) is 0 Å². The van der Waals surface area contributed by atoms with Gasteiger partial charge in [-0.05, 0) is 81.3 Å². The fraction of sp³-hybridized carbons (Fsp3) is 0.158. The Bertz CT molecular complexity index is 1890. The van der Waals surface area contributed by atoms with Crippen molar-refractivity contribution in [3.05, 3.63) is 141 Å². The molecular formula is C38H32S2Si. The Morgan fingerprint density at radius 3 is 1.27 bits per heavy atom. The van der Waals surface area contributed by atoms with Gasteiger partial charge in [0.2, 0.25) is 0 Å². The second-order valence-electron chi connectivity index (χ2n) is 12.2. The Morgan fingerprint density at radius 1 is 0.488 bits per heavy atom. The number of hydrogen-bond donors (Lipinski definition) is 0. The summed E-state index contributed by atoms with van der Waals surface area (Å²) < 4.78 is 2.84. The summed E-state index contributed by atoms with van der Waals surface area (Å²) in [6.07, 6.45) is 0. The molecule has 0 N–H and O–H groups in total. The topological polar surface area (TPSA) is 0 Å². The highest BCUT2D eigenvalue weighted by molar-refractivity contribution is 7.21. The van der Waals surface area contributed by atoms with E-state index in [0.29, 0.717) is 11.1 Å². The van der Waals surface area contributed by atoms with E-state index in [4.69, 9.17) is 0 Å². The smallest absolute Gasteiger partial charge is 0.0732 e. The van der Waals surface area contributed by atoms with E-state index >= 15 is 0 Å². The molecule has 0 radical (unpaired) electrons. The van der Waals surface area contributed by atoms with Gasteiger partial charge in [0.1, 0.15) is 0 Å². The highest BCUT2D eigenvalue weighted by Crippen LogP contribution is 2.63. The largest absolute Gasteiger partial charge is 0.135 e. The first-order valence-corrected chi connectivity index (χ1v) is 19.3. The van der Waals surface area contributed by atoms with Crippen LogP contribution in [0.25, 0.3) is 42.5 Å². The number of hydrogen-bond acceptors (Lipinski definition) is 2. The van der Waals surface area contributed by atoms with Gasteiger partial charge in [0.15, 0.2) is 0 Å². The molecular weight excluding hydrogens is 549 g/mol. The zero-order chi connectivity index (χ0) is 27.9. The van der Waals surface area contributed by atoms with E-state index in [1.807, 2.05) is 22.7 Å². The van der Waals surface area contributed by atoms with Crippen LogP contribution in [0.1, 0.15) is 56.9 Å². The molecule has 4 aromatic carbocycles. The average Bonchev–Trinajstić information content (AvgIpc) is 3.72.